The van der Waals surface area contributed by atoms with Crippen LogP contribution in [0.5, 0.6) is 0 Å². The Morgan fingerprint density at radius 2 is 0.900 bits per heavy atom. The van der Waals surface area contributed by atoms with Gasteiger partial charge < -0.3 is 9.47 Å². The molecular weight excluding hydrogens is 595 g/mol. The van der Waals surface area contributed by atoms with E-state index < -0.39 is 23.9 Å². The lowest BCUT2D eigenvalue weighted by Gasteiger charge is -2.17. The number of halogens is 2. The van der Waals surface area contributed by atoms with Crippen molar-refractivity contribution in [2.75, 3.05) is 0 Å². The van der Waals surface area contributed by atoms with Crippen molar-refractivity contribution < 1.29 is 28.7 Å². The monoisotopic (exact) mass is 614 g/mol. The molecule has 4 heterocycles. The SMILES string of the molecule is O=C1CC(c2cnc(-c3ccc(Cl)cc3)s2)CC(=O)O1.O=C1CC(c2cnc(-c3ccc(Cl)cc3)s2)CC(=O)O1. The highest BCUT2D eigenvalue weighted by Gasteiger charge is 2.30. The van der Waals surface area contributed by atoms with Gasteiger partial charge in [-0.05, 0) is 24.3 Å². The molecule has 204 valence electrons. The predicted molar refractivity (Wildman–Crippen MR) is 151 cm³/mol. The van der Waals surface area contributed by atoms with Crippen molar-refractivity contribution in [3.8, 4) is 21.1 Å². The summed E-state index contributed by atoms with van der Waals surface area (Å²) < 4.78 is 9.07. The molecule has 2 aromatic heterocycles. The summed E-state index contributed by atoms with van der Waals surface area (Å²) in [6.07, 6.45) is 4.38. The second-order valence-corrected chi connectivity index (χ2v) is 12.0. The molecule has 0 saturated carbocycles. The van der Waals surface area contributed by atoms with Crippen molar-refractivity contribution in [3.05, 3.63) is 80.7 Å². The minimum Gasteiger partial charge on any atom is -0.393 e. The molecule has 2 aliphatic rings. The first kappa shape index (κ1) is 28.1. The zero-order valence-electron chi connectivity index (χ0n) is 20.7. The van der Waals surface area contributed by atoms with E-state index in [2.05, 4.69) is 19.4 Å². The number of benzene rings is 2. The average molecular weight is 616 g/mol. The van der Waals surface area contributed by atoms with Gasteiger partial charge >= 0.3 is 23.9 Å². The van der Waals surface area contributed by atoms with Crippen molar-refractivity contribution in [3.63, 3.8) is 0 Å². The minimum atomic E-state index is -0.465. The van der Waals surface area contributed by atoms with Crippen LogP contribution in [0.4, 0.5) is 0 Å². The molecule has 0 atom stereocenters. The Morgan fingerprint density at radius 3 is 1.23 bits per heavy atom. The van der Waals surface area contributed by atoms with E-state index in [1.165, 1.54) is 22.7 Å². The highest BCUT2D eigenvalue weighted by molar-refractivity contribution is 7.15. The number of rotatable bonds is 4. The van der Waals surface area contributed by atoms with E-state index in [-0.39, 0.29) is 37.5 Å². The van der Waals surface area contributed by atoms with Gasteiger partial charge in [0.1, 0.15) is 10.0 Å². The summed E-state index contributed by atoms with van der Waals surface area (Å²) in [5, 5.41) is 3.04. The summed E-state index contributed by atoms with van der Waals surface area (Å²) in [6.45, 7) is 0. The fourth-order valence-corrected chi connectivity index (χ4v) is 6.47. The van der Waals surface area contributed by atoms with Crippen LogP contribution in [-0.4, -0.2) is 33.8 Å². The number of carbonyl (C=O) groups excluding carboxylic acids is 4. The largest absolute Gasteiger partial charge is 0.393 e. The highest BCUT2D eigenvalue weighted by atomic mass is 35.5. The fraction of sp³-hybridized carbons (Fsp3) is 0.214. The van der Waals surface area contributed by atoms with Gasteiger partial charge in [0.05, 0.1) is 25.7 Å². The molecule has 0 unspecified atom stereocenters. The van der Waals surface area contributed by atoms with Crippen molar-refractivity contribution >= 4 is 69.8 Å². The van der Waals surface area contributed by atoms with Crippen molar-refractivity contribution in [2.24, 2.45) is 0 Å². The number of esters is 4. The van der Waals surface area contributed by atoms with Crippen molar-refractivity contribution in [2.45, 2.75) is 37.5 Å². The lowest BCUT2D eigenvalue weighted by Crippen LogP contribution is -2.23. The summed E-state index contributed by atoms with van der Waals surface area (Å²) in [6, 6.07) is 14.8. The maximum absolute atomic E-state index is 11.3. The normalized spacial score (nSPS) is 16.2. The molecule has 0 radical (unpaired) electrons. The summed E-state index contributed by atoms with van der Waals surface area (Å²) in [5.41, 5.74) is 1.94. The Balaban J connectivity index is 0.000000161. The van der Waals surface area contributed by atoms with E-state index >= 15 is 0 Å². The Kier molecular flexibility index (Phi) is 8.70. The van der Waals surface area contributed by atoms with Crippen LogP contribution >= 0.6 is 45.9 Å². The molecule has 40 heavy (non-hydrogen) atoms. The Hall–Kier alpha value is -3.44. The molecule has 8 nitrogen and oxygen atoms in total. The summed E-state index contributed by atoms with van der Waals surface area (Å²) in [7, 11) is 0. The molecule has 12 heteroatoms. The average Bonchev–Trinajstić information content (AvgIpc) is 3.60. The number of hydrogen-bond donors (Lipinski definition) is 0. The lowest BCUT2D eigenvalue weighted by atomic mass is 9.98. The van der Waals surface area contributed by atoms with Crippen LogP contribution in [0.2, 0.25) is 10.0 Å². The number of thiazole rings is 2. The molecule has 0 amide bonds. The topological polar surface area (TPSA) is 113 Å². The van der Waals surface area contributed by atoms with Crippen LogP contribution in [0, 0.1) is 0 Å². The lowest BCUT2D eigenvalue weighted by molar-refractivity contribution is -0.165. The molecule has 2 aliphatic heterocycles. The van der Waals surface area contributed by atoms with Crippen LogP contribution in [0.1, 0.15) is 47.3 Å². The standard InChI is InChI=1S/2C14H10ClNO3S/c2*15-10-3-1-8(2-4-10)14-16-7-11(20-14)9-5-12(17)19-13(18)6-9/h2*1-4,7,9H,5-6H2. The highest BCUT2D eigenvalue weighted by Crippen LogP contribution is 2.37. The number of hydrogen-bond acceptors (Lipinski definition) is 10. The van der Waals surface area contributed by atoms with Gasteiger partial charge in [-0.25, -0.2) is 9.97 Å². The second kappa shape index (κ2) is 12.4. The molecule has 0 spiro atoms. The number of cyclic esters (lactones) is 4. The van der Waals surface area contributed by atoms with E-state index in [0.29, 0.717) is 10.0 Å². The summed E-state index contributed by atoms with van der Waals surface area (Å²) >= 11 is 14.7. The molecule has 4 aromatic rings. The quantitative estimate of drug-likeness (QED) is 0.182. The third kappa shape index (κ3) is 7.00. The predicted octanol–water partition coefficient (Wildman–Crippen LogP) is 6.82. The van der Waals surface area contributed by atoms with Crippen LogP contribution in [0.15, 0.2) is 60.9 Å². The maximum Gasteiger partial charge on any atom is 0.314 e. The summed E-state index contributed by atoms with van der Waals surface area (Å²) in [5.74, 6) is -2.11. The van der Waals surface area contributed by atoms with Gasteiger partial charge in [-0.3, -0.25) is 19.2 Å². The van der Waals surface area contributed by atoms with Gasteiger partial charge in [0.2, 0.25) is 0 Å². The van der Waals surface area contributed by atoms with Crippen molar-refractivity contribution in [1.82, 2.24) is 9.97 Å². The van der Waals surface area contributed by atoms with E-state index in [1.807, 2.05) is 24.3 Å². The Labute approximate surface area is 246 Å². The number of nitrogens with zero attached hydrogens (tertiary/aromatic N) is 2. The van der Waals surface area contributed by atoms with E-state index in [1.54, 1.807) is 36.7 Å². The molecule has 0 aliphatic carbocycles. The van der Waals surface area contributed by atoms with Crippen LogP contribution in [-0.2, 0) is 28.7 Å². The van der Waals surface area contributed by atoms with Gasteiger partial charge in [0.15, 0.2) is 0 Å². The number of ether oxygens (including phenoxy) is 2. The third-order valence-corrected chi connectivity index (χ3v) is 9.06. The first-order valence-corrected chi connectivity index (χ1v) is 14.5. The zero-order valence-corrected chi connectivity index (χ0v) is 23.8. The van der Waals surface area contributed by atoms with Gasteiger partial charge in [-0.2, -0.15) is 0 Å². The molecule has 2 fully saturated rings. The third-order valence-electron chi connectivity index (χ3n) is 6.14. The molecule has 2 aromatic carbocycles. The molecule has 6 rings (SSSR count). The molecule has 0 bridgehead atoms. The van der Waals surface area contributed by atoms with Gasteiger partial charge in [0, 0.05) is 55.2 Å². The zero-order chi connectivity index (χ0) is 28.2. The van der Waals surface area contributed by atoms with Crippen LogP contribution in [0.3, 0.4) is 0 Å². The Morgan fingerprint density at radius 1 is 0.575 bits per heavy atom. The number of aromatic nitrogens is 2. The van der Waals surface area contributed by atoms with E-state index in [9.17, 15) is 19.2 Å². The first-order chi connectivity index (χ1) is 19.2. The minimum absolute atomic E-state index is 0.123. The molecule has 2 saturated heterocycles. The van der Waals surface area contributed by atoms with Gasteiger partial charge in [0.25, 0.3) is 0 Å². The number of carbonyl (C=O) groups is 4. The van der Waals surface area contributed by atoms with Gasteiger partial charge in [-0.1, -0.05) is 47.5 Å². The summed E-state index contributed by atoms with van der Waals surface area (Å²) in [4.78, 5) is 55.8. The Bertz CT molecular complexity index is 1420. The second-order valence-electron chi connectivity index (χ2n) is 9.05. The maximum atomic E-state index is 11.3. The van der Waals surface area contributed by atoms with Crippen LogP contribution < -0.4 is 0 Å². The van der Waals surface area contributed by atoms with Crippen LogP contribution in [0.25, 0.3) is 21.1 Å². The first-order valence-electron chi connectivity index (χ1n) is 12.1. The van der Waals surface area contributed by atoms with E-state index in [4.69, 9.17) is 23.2 Å². The molecule has 0 N–H and O–H groups in total. The smallest absolute Gasteiger partial charge is 0.314 e. The molecular formula is C28H20Cl2N2O6S2. The van der Waals surface area contributed by atoms with E-state index in [0.717, 1.165) is 30.9 Å². The fourth-order valence-electron chi connectivity index (χ4n) is 4.17. The van der Waals surface area contributed by atoms with Gasteiger partial charge in [-0.15, -0.1) is 22.7 Å². The van der Waals surface area contributed by atoms with Crippen molar-refractivity contribution in [1.29, 1.82) is 0 Å².